The molecule has 114 valence electrons. The molecule has 0 unspecified atom stereocenters. The smallest absolute Gasteiger partial charge is 0.223 e. The number of hydrogen-bond acceptors (Lipinski definition) is 1. The van der Waals surface area contributed by atoms with E-state index in [4.69, 9.17) is 11.5 Å². The van der Waals surface area contributed by atoms with Crippen molar-refractivity contribution in [3.05, 3.63) is 35.9 Å². The molecule has 1 heterocycles. The van der Waals surface area contributed by atoms with Crippen LogP contribution in [0.15, 0.2) is 40.3 Å². The van der Waals surface area contributed by atoms with Crippen LogP contribution in [0.1, 0.15) is 31.2 Å². The third-order valence-electron chi connectivity index (χ3n) is 3.61. The minimum absolute atomic E-state index is 0.0812. The molecule has 1 aromatic rings. The molecular weight excluding hydrogens is 262 g/mol. The summed E-state index contributed by atoms with van der Waals surface area (Å²) in [6.45, 7) is 2.68. The Bertz CT molecular complexity index is 469. The van der Waals surface area contributed by atoms with Crippen molar-refractivity contribution in [2.45, 2.75) is 32.1 Å². The topological polar surface area (TPSA) is 80.0 Å². The first-order valence-corrected chi connectivity index (χ1v) is 7.68. The Morgan fingerprint density at radius 3 is 2.29 bits per heavy atom. The fraction of sp³-hybridized carbons (Fsp3) is 0.500. The molecule has 0 bridgehead atoms. The largest absolute Gasteiger partial charge is 0.370 e. The molecule has 1 aliphatic heterocycles. The van der Waals surface area contributed by atoms with Crippen LogP contribution in [0.25, 0.3) is 0 Å². The lowest BCUT2D eigenvalue weighted by atomic mass is 10.2. The molecule has 0 spiro atoms. The molecule has 21 heavy (non-hydrogen) atoms. The van der Waals surface area contributed by atoms with Crippen molar-refractivity contribution in [1.82, 2.24) is 4.90 Å². The molecule has 5 heteroatoms. The van der Waals surface area contributed by atoms with Crippen molar-refractivity contribution in [1.29, 1.82) is 0 Å². The van der Waals surface area contributed by atoms with Crippen molar-refractivity contribution in [3.63, 3.8) is 0 Å². The van der Waals surface area contributed by atoms with E-state index in [0.29, 0.717) is 12.5 Å². The van der Waals surface area contributed by atoms with E-state index in [-0.39, 0.29) is 5.96 Å². The van der Waals surface area contributed by atoms with Crippen LogP contribution in [-0.4, -0.2) is 36.5 Å². The Hall–Kier alpha value is -2.04. The molecule has 1 fully saturated rings. The summed E-state index contributed by atoms with van der Waals surface area (Å²) >= 11 is 0. The molecule has 4 N–H and O–H groups in total. The molecule has 2 rings (SSSR count). The average Bonchev–Trinajstić information content (AvgIpc) is 2.76. The van der Waals surface area contributed by atoms with Gasteiger partial charge < -0.3 is 16.4 Å². The van der Waals surface area contributed by atoms with Gasteiger partial charge in [0, 0.05) is 19.6 Å². The first kappa shape index (κ1) is 15.4. The van der Waals surface area contributed by atoms with E-state index in [1.54, 1.807) is 0 Å². The van der Waals surface area contributed by atoms with Gasteiger partial charge in [0.15, 0.2) is 5.96 Å². The van der Waals surface area contributed by atoms with Gasteiger partial charge in [0.25, 0.3) is 0 Å². The van der Waals surface area contributed by atoms with Crippen LogP contribution < -0.4 is 11.5 Å². The number of nitrogens with zero attached hydrogens (tertiary/aromatic N) is 3. The lowest BCUT2D eigenvalue weighted by Crippen LogP contribution is -2.34. The second kappa shape index (κ2) is 8.29. The Labute approximate surface area is 126 Å². The number of guanidine groups is 2. The zero-order valence-electron chi connectivity index (χ0n) is 12.5. The average molecular weight is 287 g/mol. The summed E-state index contributed by atoms with van der Waals surface area (Å²) < 4.78 is 0. The molecule has 1 aromatic carbocycles. The molecule has 1 aliphatic rings. The summed E-state index contributed by atoms with van der Waals surface area (Å²) in [7, 11) is 0. The van der Waals surface area contributed by atoms with Crippen LogP contribution >= 0.6 is 0 Å². The van der Waals surface area contributed by atoms with Gasteiger partial charge in [-0.25, -0.2) is 0 Å². The molecule has 0 atom stereocenters. The van der Waals surface area contributed by atoms with Crippen molar-refractivity contribution >= 4 is 11.9 Å². The number of nitrogens with two attached hydrogens (primary N) is 2. The van der Waals surface area contributed by atoms with Gasteiger partial charge in [-0.15, -0.1) is 0 Å². The van der Waals surface area contributed by atoms with Gasteiger partial charge in [0.05, 0.1) is 0 Å². The van der Waals surface area contributed by atoms with Gasteiger partial charge in [-0.3, -0.25) is 4.99 Å². The summed E-state index contributed by atoms with van der Waals surface area (Å²) in [4.78, 5) is 11.0. The van der Waals surface area contributed by atoms with Crippen LogP contribution in [0.4, 0.5) is 0 Å². The quantitative estimate of drug-likeness (QED) is 0.656. The lowest BCUT2D eigenvalue weighted by molar-refractivity contribution is 0.429. The van der Waals surface area contributed by atoms with Crippen LogP contribution in [0.2, 0.25) is 0 Å². The number of aliphatic imine (C=N–C) groups is 2. The molecule has 0 radical (unpaired) electrons. The summed E-state index contributed by atoms with van der Waals surface area (Å²) in [5.41, 5.74) is 12.4. The van der Waals surface area contributed by atoms with E-state index in [9.17, 15) is 0 Å². The van der Waals surface area contributed by atoms with Gasteiger partial charge >= 0.3 is 0 Å². The third kappa shape index (κ3) is 5.45. The fourth-order valence-corrected chi connectivity index (χ4v) is 2.52. The highest BCUT2D eigenvalue weighted by Gasteiger charge is 2.13. The second-order valence-electron chi connectivity index (χ2n) is 5.36. The standard InChI is InChI=1S/C16H25N5/c17-15(18)20-16(21-12-6-1-2-7-13-21)19-11-10-14-8-4-3-5-9-14/h3-5,8-9H,1-2,6-7,10-13H2,(H4,17,18,19,20). The van der Waals surface area contributed by atoms with Gasteiger partial charge in [-0.2, -0.15) is 4.99 Å². The highest BCUT2D eigenvalue weighted by atomic mass is 15.3. The molecule has 0 aliphatic carbocycles. The number of likely N-dealkylation sites (tertiary alicyclic amines) is 1. The monoisotopic (exact) mass is 287 g/mol. The number of hydrogen-bond donors (Lipinski definition) is 2. The van der Waals surface area contributed by atoms with E-state index < -0.39 is 0 Å². The van der Waals surface area contributed by atoms with Crippen LogP contribution in [0, 0.1) is 0 Å². The Kier molecular flexibility index (Phi) is 6.06. The molecule has 0 aromatic heterocycles. The summed E-state index contributed by atoms with van der Waals surface area (Å²) in [5.74, 6) is 0.769. The Balaban J connectivity index is 2.00. The fourth-order valence-electron chi connectivity index (χ4n) is 2.52. The van der Waals surface area contributed by atoms with Crippen LogP contribution in [0.3, 0.4) is 0 Å². The zero-order chi connectivity index (χ0) is 14.9. The molecule has 5 nitrogen and oxygen atoms in total. The van der Waals surface area contributed by atoms with Crippen LogP contribution in [-0.2, 0) is 6.42 Å². The highest BCUT2D eigenvalue weighted by molar-refractivity contribution is 5.93. The minimum atomic E-state index is 0.0812. The first-order valence-electron chi connectivity index (χ1n) is 7.68. The summed E-state index contributed by atoms with van der Waals surface area (Å²) in [5, 5.41) is 0. The van der Waals surface area contributed by atoms with Gasteiger partial charge in [0.2, 0.25) is 5.96 Å². The molecule has 0 saturated carbocycles. The van der Waals surface area contributed by atoms with E-state index in [0.717, 1.165) is 19.5 Å². The van der Waals surface area contributed by atoms with E-state index in [1.807, 2.05) is 18.2 Å². The first-order chi connectivity index (χ1) is 10.3. The maximum absolute atomic E-state index is 5.54. The van der Waals surface area contributed by atoms with E-state index in [1.165, 1.54) is 31.2 Å². The molecule has 0 amide bonds. The van der Waals surface area contributed by atoms with Crippen LogP contribution in [0.5, 0.6) is 0 Å². The SMILES string of the molecule is NC(N)=NC(=NCCc1ccccc1)N1CCCCCC1. The second-order valence-corrected chi connectivity index (χ2v) is 5.36. The zero-order valence-corrected chi connectivity index (χ0v) is 12.5. The maximum Gasteiger partial charge on any atom is 0.223 e. The van der Waals surface area contributed by atoms with E-state index >= 15 is 0 Å². The molecular formula is C16H25N5. The highest BCUT2D eigenvalue weighted by Crippen LogP contribution is 2.11. The van der Waals surface area contributed by atoms with Crippen molar-refractivity contribution in [2.24, 2.45) is 21.5 Å². The van der Waals surface area contributed by atoms with Crippen molar-refractivity contribution in [3.8, 4) is 0 Å². The van der Waals surface area contributed by atoms with E-state index in [2.05, 4.69) is 27.0 Å². The summed E-state index contributed by atoms with van der Waals surface area (Å²) in [6, 6.07) is 10.3. The predicted molar refractivity (Wildman–Crippen MR) is 88.3 cm³/mol. The van der Waals surface area contributed by atoms with Crippen molar-refractivity contribution < 1.29 is 0 Å². The van der Waals surface area contributed by atoms with Gasteiger partial charge in [0.1, 0.15) is 0 Å². The predicted octanol–water partition coefficient (Wildman–Crippen LogP) is 1.73. The minimum Gasteiger partial charge on any atom is -0.370 e. The van der Waals surface area contributed by atoms with Gasteiger partial charge in [-0.05, 0) is 24.8 Å². The summed E-state index contributed by atoms with van der Waals surface area (Å²) in [6.07, 6.45) is 5.80. The Morgan fingerprint density at radius 2 is 1.67 bits per heavy atom. The molecule has 1 saturated heterocycles. The third-order valence-corrected chi connectivity index (χ3v) is 3.61. The lowest BCUT2D eigenvalue weighted by Gasteiger charge is -2.21. The normalized spacial score (nSPS) is 16.4. The number of rotatable bonds is 3. The van der Waals surface area contributed by atoms with Crippen molar-refractivity contribution in [2.75, 3.05) is 19.6 Å². The maximum atomic E-state index is 5.54. The number of benzene rings is 1. The van der Waals surface area contributed by atoms with Gasteiger partial charge in [-0.1, -0.05) is 43.2 Å². The Morgan fingerprint density at radius 1 is 1.00 bits per heavy atom.